The average molecular weight is 538 g/mol. The summed E-state index contributed by atoms with van der Waals surface area (Å²) < 4.78 is 39.1. The molecule has 0 aliphatic heterocycles. The minimum Gasteiger partial charge on any atom is -0.352 e. The summed E-state index contributed by atoms with van der Waals surface area (Å²) in [6, 6.07) is 11.7. The van der Waals surface area contributed by atoms with Gasteiger partial charge in [0.05, 0.1) is 11.9 Å². The summed E-state index contributed by atoms with van der Waals surface area (Å²) in [5.74, 6) is -0.926. The Balaban J connectivity index is 1.70. The number of nitrogens with zero attached hydrogens (tertiary/aromatic N) is 2. The topological polar surface area (TPSA) is 86.8 Å². The summed E-state index contributed by atoms with van der Waals surface area (Å²) in [4.78, 5) is 27.8. The van der Waals surface area contributed by atoms with Gasteiger partial charge in [0.2, 0.25) is 21.8 Å². The fourth-order valence-electron chi connectivity index (χ4n) is 4.37. The quantitative estimate of drug-likeness (QED) is 0.457. The number of anilines is 1. The molecule has 1 saturated carbocycles. The van der Waals surface area contributed by atoms with Crippen LogP contribution in [-0.2, 0) is 26.2 Å². The zero-order chi connectivity index (χ0) is 26.3. The molecule has 0 spiro atoms. The molecule has 0 saturated heterocycles. The molecular formula is C26H33ClFN3O4S. The van der Waals surface area contributed by atoms with Crippen molar-refractivity contribution in [1.29, 1.82) is 0 Å². The highest BCUT2D eigenvalue weighted by molar-refractivity contribution is 7.92. The molecule has 0 heterocycles. The molecule has 0 radical (unpaired) electrons. The number of rotatable bonds is 11. The van der Waals surface area contributed by atoms with Crippen LogP contribution in [0.5, 0.6) is 0 Å². The maximum absolute atomic E-state index is 13.3. The Morgan fingerprint density at radius 2 is 1.69 bits per heavy atom. The predicted octanol–water partition coefficient (Wildman–Crippen LogP) is 4.50. The van der Waals surface area contributed by atoms with Gasteiger partial charge in [0, 0.05) is 30.6 Å². The highest BCUT2D eigenvalue weighted by atomic mass is 35.5. The molecule has 0 bridgehead atoms. The predicted molar refractivity (Wildman–Crippen MR) is 140 cm³/mol. The maximum atomic E-state index is 13.3. The molecule has 2 aromatic rings. The van der Waals surface area contributed by atoms with E-state index in [4.69, 9.17) is 11.6 Å². The van der Waals surface area contributed by atoms with Crippen molar-refractivity contribution in [2.24, 2.45) is 0 Å². The summed E-state index contributed by atoms with van der Waals surface area (Å²) in [5.41, 5.74) is 1.16. The third-order valence-corrected chi connectivity index (χ3v) is 7.85. The minimum absolute atomic E-state index is 0.0435. The van der Waals surface area contributed by atoms with E-state index in [-0.39, 0.29) is 43.8 Å². The molecule has 10 heteroatoms. The van der Waals surface area contributed by atoms with Gasteiger partial charge in [0.1, 0.15) is 11.9 Å². The number of sulfonamides is 1. The van der Waals surface area contributed by atoms with Gasteiger partial charge >= 0.3 is 0 Å². The molecule has 196 valence electrons. The fraction of sp³-hybridized carbons (Fsp3) is 0.462. The normalized spacial score (nSPS) is 14.9. The molecule has 1 aliphatic rings. The number of hydrogen-bond donors (Lipinski definition) is 1. The molecule has 1 N–H and O–H groups in total. The Kier molecular flexibility index (Phi) is 9.73. The summed E-state index contributed by atoms with van der Waals surface area (Å²) in [7, 11) is -3.64. The van der Waals surface area contributed by atoms with E-state index < -0.39 is 21.9 Å². The maximum Gasteiger partial charge on any atom is 0.242 e. The van der Waals surface area contributed by atoms with E-state index in [1.54, 1.807) is 19.1 Å². The number of benzene rings is 2. The minimum atomic E-state index is -3.64. The number of halogens is 2. The van der Waals surface area contributed by atoms with Crippen molar-refractivity contribution in [3.05, 3.63) is 64.9 Å². The van der Waals surface area contributed by atoms with E-state index in [0.29, 0.717) is 10.7 Å². The first-order valence-electron chi connectivity index (χ1n) is 12.1. The van der Waals surface area contributed by atoms with Crippen LogP contribution in [0.4, 0.5) is 10.1 Å². The molecular weight excluding hydrogens is 505 g/mol. The lowest BCUT2D eigenvalue weighted by Gasteiger charge is -2.30. The van der Waals surface area contributed by atoms with Crippen molar-refractivity contribution < 1.29 is 22.4 Å². The molecule has 7 nitrogen and oxygen atoms in total. The lowest BCUT2D eigenvalue weighted by Crippen LogP contribution is -2.49. The third kappa shape index (κ3) is 7.93. The van der Waals surface area contributed by atoms with E-state index in [9.17, 15) is 22.4 Å². The van der Waals surface area contributed by atoms with Gasteiger partial charge in [-0.25, -0.2) is 12.8 Å². The Morgan fingerprint density at radius 1 is 1.08 bits per heavy atom. The SMILES string of the molecule is C[C@H](C(=O)NC1CCCC1)N(Cc1ccc(Cl)cc1)C(=O)CCCN(c1ccc(F)cc1)S(C)(=O)=O. The van der Waals surface area contributed by atoms with E-state index >= 15 is 0 Å². The van der Waals surface area contributed by atoms with Crippen LogP contribution < -0.4 is 9.62 Å². The van der Waals surface area contributed by atoms with Crippen LogP contribution >= 0.6 is 11.6 Å². The smallest absolute Gasteiger partial charge is 0.242 e. The van der Waals surface area contributed by atoms with Gasteiger partial charge in [-0.2, -0.15) is 0 Å². The summed E-state index contributed by atoms with van der Waals surface area (Å²) in [6.45, 7) is 1.98. The van der Waals surface area contributed by atoms with Gasteiger partial charge in [-0.05, 0) is 68.1 Å². The Morgan fingerprint density at radius 3 is 2.28 bits per heavy atom. The lowest BCUT2D eigenvalue weighted by molar-refractivity contribution is -0.141. The zero-order valence-corrected chi connectivity index (χ0v) is 22.2. The van der Waals surface area contributed by atoms with E-state index in [1.807, 2.05) is 12.1 Å². The van der Waals surface area contributed by atoms with Crippen LogP contribution in [0.25, 0.3) is 0 Å². The highest BCUT2D eigenvalue weighted by Gasteiger charge is 2.28. The van der Waals surface area contributed by atoms with E-state index in [1.165, 1.54) is 29.2 Å². The van der Waals surface area contributed by atoms with Gasteiger partial charge in [-0.1, -0.05) is 36.6 Å². The second kappa shape index (κ2) is 12.5. The first-order valence-corrected chi connectivity index (χ1v) is 14.3. The van der Waals surface area contributed by atoms with Crippen LogP contribution in [0.15, 0.2) is 48.5 Å². The van der Waals surface area contributed by atoms with E-state index in [2.05, 4.69) is 5.32 Å². The van der Waals surface area contributed by atoms with Crippen LogP contribution in [0.3, 0.4) is 0 Å². The molecule has 3 rings (SSSR count). The molecule has 1 atom stereocenters. The number of nitrogens with one attached hydrogen (secondary N) is 1. The van der Waals surface area contributed by atoms with Crippen LogP contribution in [-0.4, -0.2) is 50.0 Å². The van der Waals surface area contributed by atoms with Gasteiger partial charge in [-0.15, -0.1) is 0 Å². The molecule has 0 unspecified atom stereocenters. The van der Waals surface area contributed by atoms with Gasteiger partial charge in [-0.3, -0.25) is 13.9 Å². The van der Waals surface area contributed by atoms with Gasteiger partial charge < -0.3 is 10.2 Å². The molecule has 2 aromatic carbocycles. The Hall–Kier alpha value is -2.65. The zero-order valence-electron chi connectivity index (χ0n) is 20.6. The first kappa shape index (κ1) is 27.9. The average Bonchev–Trinajstić information content (AvgIpc) is 3.34. The van der Waals surface area contributed by atoms with Crippen LogP contribution in [0.1, 0.15) is 51.0 Å². The van der Waals surface area contributed by atoms with Crippen molar-refractivity contribution in [2.75, 3.05) is 17.1 Å². The first-order chi connectivity index (χ1) is 17.0. The summed E-state index contributed by atoms with van der Waals surface area (Å²) in [5, 5.41) is 3.63. The molecule has 2 amide bonds. The fourth-order valence-corrected chi connectivity index (χ4v) is 5.46. The van der Waals surface area contributed by atoms with Crippen molar-refractivity contribution >= 4 is 39.1 Å². The largest absolute Gasteiger partial charge is 0.352 e. The molecule has 36 heavy (non-hydrogen) atoms. The van der Waals surface area contributed by atoms with Gasteiger partial charge in [0.15, 0.2) is 0 Å². The van der Waals surface area contributed by atoms with E-state index in [0.717, 1.165) is 41.8 Å². The van der Waals surface area contributed by atoms with Crippen LogP contribution in [0, 0.1) is 5.82 Å². The molecule has 1 fully saturated rings. The third-order valence-electron chi connectivity index (χ3n) is 6.40. The second-order valence-corrected chi connectivity index (χ2v) is 11.6. The number of carbonyl (C=O) groups is 2. The van der Waals surface area contributed by atoms with Crippen molar-refractivity contribution in [1.82, 2.24) is 10.2 Å². The Labute approximate surface area is 217 Å². The lowest BCUT2D eigenvalue weighted by atomic mass is 10.1. The van der Waals surface area contributed by atoms with Crippen molar-refractivity contribution in [3.63, 3.8) is 0 Å². The second-order valence-electron chi connectivity index (χ2n) is 9.23. The summed E-state index contributed by atoms with van der Waals surface area (Å²) >= 11 is 5.99. The highest BCUT2D eigenvalue weighted by Crippen LogP contribution is 2.21. The monoisotopic (exact) mass is 537 g/mol. The number of hydrogen-bond acceptors (Lipinski definition) is 4. The molecule has 0 aromatic heterocycles. The Bertz CT molecular complexity index is 1140. The number of carbonyl (C=O) groups excluding carboxylic acids is 2. The molecule has 1 aliphatic carbocycles. The van der Waals surface area contributed by atoms with Gasteiger partial charge in [0.25, 0.3) is 0 Å². The number of amides is 2. The van der Waals surface area contributed by atoms with Crippen molar-refractivity contribution in [3.8, 4) is 0 Å². The van der Waals surface area contributed by atoms with Crippen molar-refractivity contribution in [2.45, 2.75) is 64.1 Å². The summed E-state index contributed by atoms with van der Waals surface area (Å²) in [6.07, 6.45) is 5.39. The standard InChI is InChI=1S/C26H33ClFN3O4S/c1-19(26(33)29-23-6-3-4-7-23)30(18-20-9-11-21(27)12-10-20)25(32)8-5-17-31(36(2,34)35)24-15-13-22(28)14-16-24/h9-16,19,23H,3-8,17-18H2,1-2H3,(H,29,33)/t19-/m1/s1. The van der Waals surface area contributed by atoms with Crippen LogP contribution in [0.2, 0.25) is 5.02 Å².